The van der Waals surface area contributed by atoms with E-state index in [1.54, 1.807) is 30.3 Å². The van der Waals surface area contributed by atoms with Crippen LogP contribution < -0.4 is 14.4 Å². The van der Waals surface area contributed by atoms with E-state index in [-0.39, 0.29) is 42.8 Å². The molecule has 2 rings (SSSR count). The Labute approximate surface area is 227 Å². The number of nitrogens with zero attached hydrogens (tertiary/aromatic N) is 2. The highest BCUT2D eigenvalue weighted by Crippen LogP contribution is 2.30. The van der Waals surface area contributed by atoms with Gasteiger partial charge in [-0.1, -0.05) is 47.8 Å². The predicted octanol–water partition coefficient (Wildman–Crippen LogP) is 4.76. The van der Waals surface area contributed by atoms with Crippen molar-refractivity contribution in [1.82, 2.24) is 10.2 Å². The van der Waals surface area contributed by atoms with Crippen molar-refractivity contribution >= 4 is 62.3 Å². The number of sulfonamides is 1. The van der Waals surface area contributed by atoms with E-state index in [2.05, 4.69) is 5.32 Å². The normalized spacial score (nSPS) is 12.1. The molecule has 0 aliphatic carbocycles. The highest BCUT2D eigenvalue weighted by atomic mass is 35.5. The molecule has 12 heteroatoms. The Morgan fingerprint density at radius 3 is 2.28 bits per heavy atom. The molecule has 1 unspecified atom stereocenters. The fourth-order valence-electron chi connectivity index (χ4n) is 3.74. The Balaban J connectivity index is 2.23. The molecule has 8 nitrogen and oxygen atoms in total. The number of carbonyl (C=O) groups is 2. The number of benzene rings is 2. The van der Waals surface area contributed by atoms with E-state index in [0.29, 0.717) is 33.5 Å². The topological polar surface area (TPSA) is 96.0 Å². The first-order valence-corrected chi connectivity index (χ1v) is 14.2. The lowest BCUT2D eigenvalue weighted by Crippen LogP contribution is -2.48. The molecule has 0 radical (unpaired) electrons. The van der Waals surface area contributed by atoms with E-state index in [0.717, 1.165) is 6.26 Å². The van der Waals surface area contributed by atoms with E-state index in [1.807, 2.05) is 6.92 Å². The molecule has 0 aromatic heterocycles. The van der Waals surface area contributed by atoms with Gasteiger partial charge in [0.2, 0.25) is 21.8 Å². The predicted molar refractivity (Wildman–Crippen MR) is 145 cm³/mol. The van der Waals surface area contributed by atoms with Gasteiger partial charge in [-0.25, -0.2) is 8.42 Å². The van der Waals surface area contributed by atoms with E-state index in [9.17, 15) is 18.0 Å². The van der Waals surface area contributed by atoms with Crippen molar-refractivity contribution in [3.05, 3.63) is 57.0 Å². The standard InChI is InChI=1S/C24H30Cl3N3O5S/c1-5-21(24(32)28-2)29(15-16-8-10-18(25)19(26)13-16)23(31)7-6-12-30(36(4,33)34)17-9-11-22(35-3)20(27)14-17/h8-11,13-14,21H,5-7,12,15H2,1-4H3,(H,28,32). The van der Waals surface area contributed by atoms with Gasteiger partial charge in [0, 0.05) is 26.6 Å². The molecule has 1 N–H and O–H groups in total. The van der Waals surface area contributed by atoms with Gasteiger partial charge < -0.3 is 15.0 Å². The summed E-state index contributed by atoms with van der Waals surface area (Å²) in [6, 6.07) is 8.98. The first-order chi connectivity index (χ1) is 16.9. The van der Waals surface area contributed by atoms with Crippen molar-refractivity contribution in [2.75, 3.05) is 31.3 Å². The van der Waals surface area contributed by atoms with Gasteiger partial charge in [-0.2, -0.15) is 0 Å². The molecule has 0 heterocycles. The lowest BCUT2D eigenvalue weighted by Gasteiger charge is -2.31. The molecule has 0 saturated carbocycles. The molecule has 0 aliphatic heterocycles. The van der Waals surface area contributed by atoms with Crippen LogP contribution in [0.4, 0.5) is 5.69 Å². The molecular formula is C24H30Cl3N3O5S. The highest BCUT2D eigenvalue weighted by Gasteiger charge is 2.28. The van der Waals surface area contributed by atoms with Gasteiger partial charge in [-0.3, -0.25) is 13.9 Å². The van der Waals surface area contributed by atoms with Crippen LogP contribution >= 0.6 is 34.8 Å². The van der Waals surface area contributed by atoms with E-state index < -0.39 is 16.1 Å². The number of hydrogen-bond acceptors (Lipinski definition) is 5. The van der Waals surface area contributed by atoms with Crippen LogP contribution in [0.1, 0.15) is 31.7 Å². The van der Waals surface area contributed by atoms with Gasteiger partial charge in [0.25, 0.3) is 0 Å². The monoisotopic (exact) mass is 577 g/mol. The van der Waals surface area contributed by atoms with Gasteiger partial charge in [-0.05, 0) is 48.7 Å². The summed E-state index contributed by atoms with van der Waals surface area (Å²) >= 11 is 18.3. The number of rotatable bonds is 12. The van der Waals surface area contributed by atoms with Crippen molar-refractivity contribution in [2.45, 2.75) is 38.8 Å². The first-order valence-electron chi connectivity index (χ1n) is 11.2. The second-order valence-corrected chi connectivity index (χ2v) is 11.2. The zero-order chi connectivity index (χ0) is 27.0. The second-order valence-electron chi connectivity index (χ2n) is 8.07. The fourth-order valence-corrected chi connectivity index (χ4v) is 5.27. The minimum absolute atomic E-state index is 0.0186. The van der Waals surface area contributed by atoms with E-state index in [1.165, 1.54) is 29.4 Å². The number of likely N-dealkylation sites (N-methyl/N-ethyl adjacent to an activating group) is 1. The minimum atomic E-state index is -3.65. The molecule has 2 amide bonds. The summed E-state index contributed by atoms with van der Waals surface area (Å²) in [6.07, 6.45) is 1.72. The van der Waals surface area contributed by atoms with Gasteiger partial charge in [0.05, 0.1) is 34.1 Å². The van der Waals surface area contributed by atoms with E-state index in [4.69, 9.17) is 39.5 Å². The summed E-state index contributed by atoms with van der Waals surface area (Å²) in [4.78, 5) is 27.3. The van der Waals surface area contributed by atoms with Crippen LogP contribution in [0.15, 0.2) is 36.4 Å². The average Bonchev–Trinajstić information content (AvgIpc) is 2.82. The average molecular weight is 579 g/mol. The summed E-state index contributed by atoms with van der Waals surface area (Å²) < 4.78 is 31.3. The number of nitrogens with one attached hydrogen (secondary N) is 1. The van der Waals surface area contributed by atoms with Crippen molar-refractivity contribution in [3.8, 4) is 5.75 Å². The lowest BCUT2D eigenvalue weighted by atomic mass is 10.1. The molecule has 0 spiro atoms. The number of amides is 2. The number of hydrogen-bond donors (Lipinski definition) is 1. The Bertz CT molecular complexity index is 1190. The van der Waals surface area contributed by atoms with Crippen molar-refractivity contribution in [2.24, 2.45) is 0 Å². The van der Waals surface area contributed by atoms with Gasteiger partial charge in [0.1, 0.15) is 11.8 Å². The third kappa shape index (κ3) is 7.90. The smallest absolute Gasteiger partial charge is 0.242 e. The maximum atomic E-state index is 13.3. The summed E-state index contributed by atoms with van der Waals surface area (Å²) in [7, 11) is -0.675. The second kappa shape index (κ2) is 13.4. The zero-order valence-electron chi connectivity index (χ0n) is 20.6. The van der Waals surface area contributed by atoms with Crippen LogP contribution in [0, 0.1) is 0 Å². The summed E-state index contributed by atoms with van der Waals surface area (Å²) in [5.74, 6) is -0.170. The summed E-state index contributed by atoms with van der Waals surface area (Å²) in [5.41, 5.74) is 1.07. The molecule has 0 saturated heterocycles. The van der Waals surface area contributed by atoms with Crippen molar-refractivity contribution in [1.29, 1.82) is 0 Å². The van der Waals surface area contributed by atoms with Crippen LogP contribution in [0.5, 0.6) is 5.75 Å². The molecule has 198 valence electrons. The zero-order valence-corrected chi connectivity index (χ0v) is 23.6. The highest BCUT2D eigenvalue weighted by molar-refractivity contribution is 7.92. The van der Waals surface area contributed by atoms with Crippen LogP contribution in [0.25, 0.3) is 0 Å². The quantitative estimate of drug-likeness (QED) is 0.392. The van der Waals surface area contributed by atoms with Crippen LogP contribution in [-0.2, 0) is 26.2 Å². The number of methoxy groups -OCH3 is 1. The summed E-state index contributed by atoms with van der Waals surface area (Å²) in [5, 5.41) is 3.59. The van der Waals surface area contributed by atoms with Gasteiger partial charge in [0.15, 0.2) is 0 Å². The number of anilines is 1. The van der Waals surface area contributed by atoms with Crippen LogP contribution in [0.3, 0.4) is 0 Å². The Morgan fingerprint density at radius 1 is 1.06 bits per heavy atom. The molecule has 0 bridgehead atoms. The maximum absolute atomic E-state index is 13.3. The SMILES string of the molecule is CCC(C(=O)NC)N(Cc1ccc(Cl)c(Cl)c1)C(=O)CCCN(c1ccc(OC)c(Cl)c1)S(C)(=O)=O. The van der Waals surface area contributed by atoms with Crippen LogP contribution in [0.2, 0.25) is 15.1 Å². The molecule has 2 aromatic carbocycles. The Kier molecular flexibility index (Phi) is 11.2. The fraction of sp³-hybridized carbons (Fsp3) is 0.417. The third-order valence-corrected chi connectivity index (χ3v) is 7.77. The molecular weight excluding hydrogens is 549 g/mol. The molecule has 2 aromatic rings. The number of ether oxygens (including phenoxy) is 1. The Morgan fingerprint density at radius 2 is 1.75 bits per heavy atom. The van der Waals surface area contributed by atoms with Crippen molar-refractivity contribution in [3.63, 3.8) is 0 Å². The molecule has 36 heavy (non-hydrogen) atoms. The third-order valence-electron chi connectivity index (χ3n) is 5.54. The number of carbonyl (C=O) groups excluding carboxylic acids is 2. The largest absolute Gasteiger partial charge is 0.495 e. The first kappa shape index (κ1) is 30.0. The van der Waals surface area contributed by atoms with Crippen LogP contribution in [-0.4, -0.2) is 58.1 Å². The number of halogens is 3. The van der Waals surface area contributed by atoms with E-state index >= 15 is 0 Å². The summed E-state index contributed by atoms with van der Waals surface area (Å²) in [6.45, 7) is 2.00. The lowest BCUT2D eigenvalue weighted by molar-refractivity contribution is -0.141. The molecule has 0 aliphatic rings. The Hall–Kier alpha value is -2.20. The van der Waals surface area contributed by atoms with Gasteiger partial charge >= 0.3 is 0 Å². The maximum Gasteiger partial charge on any atom is 0.242 e. The van der Waals surface area contributed by atoms with Crippen molar-refractivity contribution < 1.29 is 22.7 Å². The molecule has 0 fully saturated rings. The minimum Gasteiger partial charge on any atom is -0.495 e. The molecule has 1 atom stereocenters. The van der Waals surface area contributed by atoms with Gasteiger partial charge in [-0.15, -0.1) is 0 Å².